The first kappa shape index (κ1) is 34.0. The van der Waals surface area contributed by atoms with E-state index in [1.165, 1.54) is 135 Å². The number of rotatable bonds is 28. The highest BCUT2D eigenvalue weighted by molar-refractivity contribution is 5.69. The van der Waals surface area contributed by atoms with Gasteiger partial charge in [0.1, 0.15) is 0 Å². The summed E-state index contributed by atoms with van der Waals surface area (Å²) in [6.07, 6.45) is 40.7. The molecule has 0 amide bonds. The SMILES string of the molecule is CCCCC/C=C\C/C=C\CCCCCCCCOC(=O)CCCCCCCCCCCCCC. The number of esters is 1. The molecule has 0 radical (unpaired) electrons. The summed E-state index contributed by atoms with van der Waals surface area (Å²) in [4.78, 5) is 11.9. The van der Waals surface area contributed by atoms with Gasteiger partial charge in [0.05, 0.1) is 6.61 Å². The van der Waals surface area contributed by atoms with Crippen molar-refractivity contribution in [3.05, 3.63) is 24.3 Å². The molecule has 35 heavy (non-hydrogen) atoms. The second-order valence-electron chi connectivity index (χ2n) is 10.4. The van der Waals surface area contributed by atoms with E-state index in [0.29, 0.717) is 13.0 Å². The maximum Gasteiger partial charge on any atom is 0.305 e. The Bertz CT molecular complexity index is 466. The number of carbonyl (C=O) groups is 1. The number of unbranched alkanes of at least 4 members (excludes halogenated alkanes) is 20. The predicted octanol–water partition coefficient (Wildman–Crippen LogP) is 11.4. The lowest BCUT2D eigenvalue weighted by molar-refractivity contribution is -0.143. The average molecular weight is 491 g/mol. The summed E-state index contributed by atoms with van der Waals surface area (Å²) in [6, 6.07) is 0. The van der Waals surface area contributed by atoms with Crippen molar-refractivity contribution in [2.75, 3.05) is 6.61 Å². The molecule has 0 atom stereocenters. The number of hydrogen-bond donors (Lipinski definition) is 0. The summed E-state index contributed by atoms with van der Waals surface area (Å²) < 4.78 is 5.41. The van der Waals surface area contributed by atoms with Crippen LogP contribution in [-0.4, -0.2) is 12.6 Å². The van der Waals surface area contributed by atoms with Gasteiger partial charge in [0.15, 0.2) is 0 Å². The monoisotopic (exact) mass is 490 g/mol. The Labute approximate surface area is 220 Å². The summed E-state index contributed by atoms with van der Waals surface area (Å²) in [5.74, 6) is 0.0136. The van der Waals surface area contributed by atoms with E-state index in [1.807, 2.05) is 0 Å². The molecule has 0 aliphatic carbocycles. The van der Waals surface area contributed by atoms with Crippen LogP contribution >= 0.6 is 0 Å². The number of hydrogen-bond acceptors (Lipinski definition) is 2. The number of ether oxygens (including phenoxy) is 1. The van der Waals surface area contributed by atoms with E-state index in [4.69, 9.17) is 4.74 Å². The van der Waals surface area contributed by atoms with E-state index in [9.17, 15) is 4.79 Å². The van der Waals surface area contributed by atoms with Crippen molar-refractivity contribution in [2.24, 2.45) is 0 Å². The quantitative estimate of drug-likeness (QED) is 0.0619. The predicted molar refractivity (Wildman–Crippen MR) is 156 cm³/mol. The topological polar surface area (TPSA) is 26.3 Å². The maximum atomic E-state index is 11.9. The highest BCUT2D eigenvalue weighted by Gasteiger charge is 2.02. The summed E-state index contributed by atoms with van der Waals surface area (Å²) in [5.41, 5.74) is 0. The van der Waals surface area contributed by atoms with Gasteiger partial charge in [0.25, 0.3) is 0 Å². The summed E-state index contributed by atoms with van der Waals surface area (Å²) in [7, 11) is 0. The zero-order valence-electron chi connectivity index (χ0n) is 24.0. The Balaban J connectivity index is 3.22. The Morgan fingerprint density at radius 2 is 0.886 bits per heavy atom. The molecule has 0 aliphatic heterocycles. The fraction of sp³-hybridized carbons (Fsp3) is 0.848. The molecule has 0 unspecified atom stereocenters. The van der Waals surface area contributed by atoms with Crippen LogP contribution in [0.3, 0.4) is 0 Å². The molecular weight excluding hydrogens is 428 g/mol. The molecule has 0 aliphatic rings. The van der Waals surface area contributed by atoms with Gasteiger partial charge in [-0.1, -0.05) is 147 Å². The molecule has 206 valence electrons. The van der Waals surface area contributed by atoms with Gasteiger partial charge in [-0.25, -0.2) is 0 Å². The molecule has 0 rings (SSSR count). The van der Waals surface area contributed by atoms with Crippen LogP contribution in [0.4, 0.5) is 0 Å². The van der Waals surface area contributed by atoms with Crippen LogP contribution in [0.1, 0.15) is 174 Å². The Morgan fingerprint density at radius 3 is 1.43 bits per heavy atom. The lowest BCUT2D eigenvalue weighted by Crippen LogP contribution is -2.05. The third-order valence-corrected chi connectivity index (χ3v) is 6.84. The highest BCUT2D eigenvalue weighted by Crippen LogP contribution is 2.13. The molecular formula is C33H62O2. The van der Waals surface area contributed by atoms with Crippen LogP contribution in [0.15, 0.2) is 24.3 Å². The van der Waals surface area contributed by atoms with Gasteiger partial charge in [-0.05, 0) is 44.9 Å². The largest absolute Gasteiger partial charge is 0.466 e. The first-order valence-electron chi connectivity index (χ1n) is 15.8. The van der Waals surface area contributed by atoms with Crippen LogP contribution in [0.5, 0.6) is 0 Å². The van der Waals surface area contributed by atoms with Gasteiger partial charge in [-0.15, -0.1) is 0 Å². The number of carbonyl (C=O) groups excluding carboxylic acids is 1. The van der Waals surface area contributed by atoms with Crippen LogP contribution in [0.25, 0.3) is 0 Å². The molecule has 0 N–H and O–H groups in total. The third-order valence-electron chi connectivity index (χ3n) is 6.84. The second-order valence-corrected chi connectivity index (χ2v) is 10.4. The van der Waals surface area contributed by atoms with Crippen LogP contribution in [-0.2, 0) is 9.53 Å². The third kappa shape index (κ3) is 30.9. The van der Waals surface area contributed by atoms with Crippen molar-refractivity contribution in [1.82, 2.24) is 0 Å². The fourth-order valence-corrected chi connectivity index (χ4v) is 4.46. The maximum absolute atomic E-state index is 11.9. The first-order chi connectivity index (χ1) is 17.3. The van der Waals surface area contributed by atoms with Crippen molar-refractivity contribution in [1.29, 1.82) is 0 Å². The van der Waals surface area contributed by atoms with Crippen LogP contribution in [0, 0.1) is 0 Å². The van der Waals surface area contributed by atoms with E-state index in [-0.39, 0.29) is 5.97 Å². The van der Waals surface area contributed by atoms with Crippen molar-refractivity contribution in [2.45, 2.75) is 174 Å². The summed E-state index contributed by atoms with van der Waals surface area (Å²) in [6.45, 7) is 5.15. The van der Waals surface area contributed by atoms with Gasteiger partial charge in [-0.3, -0.25) is 4.79 Å². The van der Waals surface area contributed by atoms with Gasteiger partial charge >= 0.3 is 5.97 Å². The first-order valence-corrected chi connectivity index (χ1v) is 15.8. The van der Waals surface area contributed by atoms with E-state index < -0.39 is 0 Å². The molecule has 0 aromatic rings. The minimum absolute atomic E-state index is 0.0136. The Hall–Kier alpha value is -1.05. The molecule has 0 heterocycles. The van der Waals surface area contributed by atoms with Crippen LogP contribution in [0.2, 0.25) is 0 Å². The van der Waals surface area contributed by atoms with Crippen molar-refractivity contribution in [3.8, 4) is 0 Å². The van der Waals surface area contributed by atoms with Crippen molar-refractivity contribution < 1.29 is 9.53 Å². The minimum atomic E-state index is 0.0136. The molecule has 0 saturated heterocycles. The molecule has 0 fully saturated rings. The summed E-state index contributed by atoms with van der Waals surface area (Å²) >= 11 is 0. The lowest BCUT2D eigenvalue weighted by atomic mass is 10.0. The smallest absolute Gasteiger partial charge is 0.305 e. The fourth-order valence-electron chi connectivity index (χ4n) is 4.46. The normalized spacial score (nSPS) is 11.7. The lowest BCUT2D eigenvalue weighted by Gasteiger charge is -2.05. The molecule has 0 aromatic carbocycles. The molecule has 0 spiro atoms. The molecule has 2 heteroatoms. The van der Waals surface area contributed by atoms with Crippen molar-refractivity contribution >= 4 is 5.97 Å². The Morgan fingerprint density at radius 1 is 0.486 bits per heavy atom. The zero-order valence-corrected chi connectivity index (χ0v) is 24.0. The molecule has 0 bridgehead atoms. The molecule has 2 nitrogen and oxygen atoms in total. The van der Waals surface area contributed by atoms with Gasteiger partial charge in [-0.2, -0.15) is 0 Å². The van der Waals surface area contributed by atoms with Gasteiger partial charge < -0.3 is 4.74 Å². The van der Waals surface area contributed by atoms with E-state index >= 15 is 0 Å². The number of allylic oxidation sites excluding steroid dienone is 4. The van der Waals surface area contributed by atoms with E-state index in [2.05, 4.69) is 38.2 Å². The van der Waals surface area contributed by atoms with Gasteiger partial charge in [0.2, 0.25) is 0 Å². The molecule has 0 aromatic heterocycles. The van der Waals surface area contributed by atoms with Crippen LogP contribution < -0.4 is 0 Å². The summed E-state index contributed by atoms with van der Waals surface area (Å²) in [5, 5.41) is 0. The standard InChI is InChI=1S/C33H62O2/c1-3-5-7-9-11-13-15-17-18-19-20-22-24-26-28-30-32-35-33(34)31-29-27-25-23-21-16-14-12-10-8-6-4-2/h11,13,17-18H,3-10,12,14-16,19-32H2,1-2H3/b13-11-,18-17-. The van der Waals surface area contributed by atoms with Crippen molar-refractivity contribution in [3.63, 3.8) is 0 Å². The second kappa shape index (κ2) is 31.0. The minimum Gasteiger partial charge on any atom is -0.466 e. The van der Waals surface area contributed by atoms with E-state index in [0.717, 1.165) is 19.3 Å². The Kier molecular flexibility index (Phi) is 30.1. The van der Waals surface area contributed by atoms with Gasteiger partial charge in [0, 0.05) is 6.42 Å². The zero-order chi connectivity index (χ0) is 25.5. The van der Waals surface area contributed by atoms with E-state index in [1.54, 1.807) is 0 Å². The average Bonchev–Trinajstić information content (AvgIpc) is 2.86. The highest BCUT2D eigenvalue weighted by atomic mass is 16.5. The molecule has 0 saturated carbocycles.